The van der Waals surface area contributed by atoms with E-state index in [1.807, 2.05) is 0 Å². The second-order valence-electron chi connectivity index (χ2n) is 7.16. The molecule has 3 aliphatic rings. The molecule has 0 bridgehead atoms. The predicted octanol–water partition coefficient (Wildman–Crippen LogP) is 1.10. The highest BCUT2D eigenvalue weighted by atomic mass is 16.6. The van der Waals surface area contributed by atoms with Crippen LogP contribution in [0.25, 0.3) is 0 Å². The molecule has 0 saturated carbocycles. The third-order valence-electron chi connectivity index (χ3n) is 5.26. The Kier molecular flexibility index (Phi) is 3.78. The van der Waals surface area contributed by atoms with Crippen LogP contribution >= 0.6 is 0 Å². The van der Waals surface area contributed by atoms with Crippen LogP contribution in [0.3, 0.4) is 0 Å². The zero-order chi connectivity index (χ0) is 18.5. The summed E-state index contributed by atoms with van der Waals surface area (Å²) < 4.78 is 11.0. The molecule has 3 amide bonds. The number of anilines is 1. The quantitative estimate of drug-likeness (QED) is 0.750. The molecular formula is C18H21N3O5. The second kappa shape index (κ2) is 5.89. The van der Waals surface area contributed by atoms with Crippen molar-refractivity contribution >= 4 is 23.6 Å². The number of piperidine rings is 1. The molecule has 2 saturated heterocycles. The Bertz CT molecular complexity index is 795. The fourth-order valence-electron chi connectivity index (χ4n) is 3.86. The van der Waals surface area contributed by atoms with Crippen molar-refractivity contribution in [2.24, 2.45) is 0 Å². The standard InChI is InChI=1S/C18H21N3O5/c1-19-10-18(26-17(19)24)6-3-7-21(11-18)16(23)12-4-5-14-13(8-12)20(2)15(22)9-25-14/h4-5,8H,3,6-7,9-11H2,1-2H3/t18-/m0/s1. The van der Waals surface area contributed by atoms with Gasteiger partial charge in [-0.25, -0.2) is 4.79 Å². The Hall–Kier alpha value is -2.77. The third-order valence-corrected chi connectivity index (χ3v) is 5.26. The summed E-state index contributed by atoms with van der Waals surface area (Å²) >= 11 is 0. The van der Waals surface area contributed by atoms with Crippen LogP contribution in [0.5, 0.6) is 5.75 Å². The summed E-state index contributed by atoms with van der Waals surface area (Å²) in [6.45, 7) is 1.49. The van der Waals surface area contributed by atoms with Crippen molar-refractivity contribution in [1.29, 1.82) is 0 Å². The first-order chi connectivity index (χ1) is 12.4. The number of hydrogen-bond donors (Lipinski definition) is 0. The number of likely N-dealkylation sites (tertiary alicyclic amines) is 1. The predicted molar refractivity (Wildman–Crippen MR) is 92.3 cm³/mol. The van der Waals surface area contributed by atoms with E-state index in [2.05, 4.69) is 0 Å². The summed E-state index contributed by atoms with van der Waals surface area (Å²) in [5, 5.41) is 0. The topological polar surface area (TPSA) is 79.4 Å². The Morgan fingerprint density at radius 3 is 2.73 bits per heavy atom. The molecule has 4 rings (SSSR count). The summed E-state index contributed by atoms with van der Waals surface area (Å²) in [6, 6.07) is 5.11. The Morgan fingerprint density at radius 2 is 2.00 bits per heavy atom. The van der Waals surface area contributed by atoms with Gasteiger partial charge >= 0.3 is 6.09 Å². The molecule has 0 unspecified atom stereocenters. The van der Waals surface area contributed by atoms with Crippen LogP contribution in [0.4, 0.5) is 10.5 Å². The van der Waals surface area contributed by atoms with Gasteiger partial charge in [0, 0.05) is 26.2 Å². The van der Waals surface area contributed by atoms with E-state index >= 15 is 0 Å². The lowest BCUT2D eigenvalue weighted by Gasteiger charge is -2.38. The van der Waals surface area contributed by atoms with Gasteiger partial charge in [-0.05, 0) is 31.0 Å². The maximum Gasteiger partial charge on any atom is 0.410 e. The Labute approximate surface area is 151 Å². The minimum Gasteiger partial charge on any atom is -0.482 e. The van der Waals surface area contributed by atoms with Crippen LogP contribution in [-0.2, 0) is 9.53 Å². The number of amides is 3. The number of nitrogens with zero attached hydrogens (tertiary/aromatic N) is 3. The molecule has 1 aromatic carbocycles. The maximum atomic E-state index is 13.0. The SMILES string of the molecule is CN1C[C@]2(CCCN(C(=O)c3ccc4c(c3)N(C)C(=O)CO4)C2)OC1=O. The number of carbonyl (C=O) groups excluding carboxylic acids is 3. The minimum absolute atomic E-state index is 0.00429. The monoisotopic (exact) mass is 359 g/mol. The van der Waals surface area contributed by atoms with Gasteiger partial charge in [0.25, 0.3) is 11.8 Å². The second-order valence-corrected chi connectivity index (χ2v) is 7.16. The van der Waals surface area contributed by atoms with Crippen LogP contribution < -0.4 is 9.64 Å². The van der Waals surface area contributed by atoms with E-state index in [0.717, 1.165) is 12.8 Å². The maximum absolute atomic E-state index is 13.0. The van der Waals surface area contributed by atoms with E-state index in [0.29, 0.717) is 36.6 Å². The number of benzene rings is 1. The lowest BCUT2D eigenvalue weighted by molar-refractivity contribution is -0.120. The highest BCUT2D eigenvalue weighted by molar-refractivity contribution is 6.01. The van der Waals surface area contributed by atoms with Gasteiger partial charge in [0.05, 0.1) is 18.8 Å². The number of carbonyl (C=O) groups is 3. The highest BCUT2D eigenvalue weighted by Crippen LogP contribution is 2.34. The van der Waals surface area contributed by atoms with Gasteiger partial charge in [0.15, 0.2) is 6.61 Å². The van der Waals surface area contributed by atoms with Crippen LogP contribution in [-0.4, -0.2) is 73.6 Å². The summed E-state index contributed by atoms with van der Waals surface area (Å²) in [6.07, 6.45) is 1.19. The molecule has 8 nitrogen and oxygen atoms in total. The Balaban J connectivity index is 1.56. The minimum atomic E-state index is -0.621. The number of fused-ring (bicyclic) bond motifs is 1. The number of likely N-dealkylation sites (N-methyl/N-ethyl adjacent to an activating group) is 2. The molecule has 0 aliphatic carbocycles. The average Bonchev–Trinajstić information content (AvgIpc) is 2.90. The lowest BCUT2D eigenvalue weighted by atomic mass is 9.92. The molecule has 3 heterocycles. The fourth-order valence-corrected chi connectivity index (χ4v) is 3.86. The van der Waals surface area contributed by atoms with Gasteiger partial charge < -0.3 is 24.2 Å². The fraction of sp³-hybridized carbons (Fsp3) is 0.500. The van der Waals surface area contributed by atoms with E-state index < -0.39 is 5.60 Å². The normalized spacial score (nSPS) is 25.2. The molecule has 2 fully saturated rings. The molecule has 0 N–H and O–H groups in total. The van der Waals surface area contributed by atoms with Crippen molar-refractivity contribution in [2.75, 3.05) is 45.2 Å². The number of rotatable bonds is 1. The third kappa shape index (κ3) is 2.65. The highest BCUT2D eigenvalue weighted by Gasteiger charge is 2.47. The zero-order valence-corrected chi connectivity index (χ0v) is 14.9. The van der Waals surface area contributed by atoms with Gasteiger partial charge in [-0.1, -0.05) is 0 Å². The van der Waals surface area contributed by atoms with Crippen molar-refractivity contribution in [3.8, 4) is 5.75 Å². The molecule has 8 heteroatoms. The lowest BCUT2D eigenvalue weighted by Crippen LogP contribution is -2.52. The molecule has 1 atom stereocenters. The van der Waals surface area contributed by atoms with E-state index in [1.54, 1.807) is 42.1 Å². The molecule has 138 valence electrons. The van der Waals surface area contributed by atoms with Crippen molar-refractivity contribution in [2.45, 2.75) is 18.4 Å². The van der Waals surface area contributed by atoms with Crippen LogP contribution in [0.1, 0.15) is 23.2 Å². The average molecular weight is 359 g/mol. The Morgan fingerprint density at radius 1 is 1.19 bits per heavy atom. The van der Waals surface area contributed by atoms with Gasteiger partial charge in [-0.2, -0.15) is 0 Å². The first-order valence-electron chi connectivity index (χ1n) is 8.65. The first-order valence-corrected chi connectivity index (χ1v) is 8.65. The van der Waals surface area contributed by atoms with Crippen LogP contribution in [0, 0.1) is 0 Å². The van der Waals surface area contributed by atoms with Crippen LogP contribution in [0.2, 0.25) is 0 Å². The zero-order valence-electron chi connectivity index (χ0n) is 14.9. The van der Waals surface area contributed by atoms with Crippen molar-refractivity contribution in [1.82, 2.24) is 9.80 Å². The van der Waals surface area contributed by atoms with E-state index in [1.165, 1.54) is 4.90 Å². The summed E-state index contributed by atoms with van der Waals surface area (Å²) in [7, 11) is 3.37. The molecule has 3 aliphatic heterocycles. The molecule has 0 aromatic heterocycles. The van der Waals surface area contributed by atoms with Gasteiger partial charge in [0.2, 0.25) is 0 Å². The van der Waals surface area contributed by atoms with Crippen LogP contribution in [0.15, 0.2) is 18.2 Å². The first kappa shape index (κ1) is 16.7. The van der Waals surface area contributed by atoms with Crippen molar-refractivity contribution in [3.05, 3.63) is 23.8 Å². The van der Waals surface area contributed by atoms with Gasteiger partial charge in [0.1, 0.15) is 11.4 Å². The molecule has 26 heavy (non-hydrogen) atoms. The molecule has 1 spiro atoms. The molecular weight excluding hydrogens is 338 g/mol. The summed E-state index contributed by atoms with van der Waals surface area (Å²) in [4.78, 5) is 41.4. The van der Waals surface area contributed by atoms with Crippen molar-refractivity contribution in [3.63, 3.8) is 0 Å². The van der Waals surface area contributed by atoms with Gasteiger partial charge in [-0.3, -0.25) is 9.59 Å². The molecule has 1 aromatic rings. The largest absolute Gasteiger partial charge is 0.482 e. The number of hydrogen-bond acceptors (Lipinski definition) is 5. The number of ether oxygens (including phenoxy) is 2. The van der Waals surface area contributed by atoms with E-state index in [9.17, 15) is 14.4 Å². The van der Waals surface area contributed by atoms with Crippen molar-refractivity contribution < 1.29 is 23.9 Å². The summed E-state index contributed by atoms with van der Waals surface area (Å²) in [5.41, 5.74) is 0.457. The van der Waals surface area contributed by atoms with Gasteiger partial charge in [-0.15, -0.1) is 0 Å². The summed E-state index contributed by atoms with van der Waals surface area (Å²) in [5.74, 6) is 0.300. The molecule has 0 radical (unpaired) electrons. The van der Waals surface area contributed by atoms with E-state index in [4.69, 9.17) is 9.47 Å². The van der Waals surface area contributed by atoms with E-state index in [-0.39, 0.29) is 24.5 Å². The smallest absolute Gasteiger partial charge is 0.410 e.